The van der Waals surface area contributed by atoms with Gasteiger partial charge in [-0.1, -0.05) is 0 Å². The van der Waals surface area contributed by atoms with E-state index in [1.807, 2.05) is 0 Å². The fourth-order valence-corrected chi connectivity index (χ4v) is 2.50. The van der Waals surface area contributed by atoms with Crippen LogP contribution in [0.15, 0.2) is 23.1 Å². The lowest BCUT2D eigenvalue weighted by Crippen LogP contribution is -2.17. The quantitative estimate of drug-likeness (QED) is 0.481. The molecule has 0 radical (unpaired) electrons. The number of nitrogens with one attached hydrogen (secondary N) is 1. The summed E-state index contributed by atoms with van der Waals surface area (Å²) in [6.07, 6.45) is 1.18. The van der Waals surface area contributed by atoms with Crippen molar-refractivity contribution >= 4 is 23.1 Å². The highest BCUT2D eigenvalue weighted by Gasteiger charge is 2.19. The van der Waals surface area contributed by atoms with Crippen molar-refractivity contribution in [1.82, 2.24) is 9.55 Å². The van der Waals surface area contributed by atoms with Crippen LogP contribution < -0.4 is 5.69 Å². The molecule has 0 spiro atoms. The first kappa shape index (κ1) is 14.1. The number of esters is 1. The third-order valence-electron chi connectivity index (χ3n) is 2.51. The second kappa shape index (κ2) is 5.74. The number of aromatic nitrogens is 2. The van der Waals surface area contributed by atoms with Gasteiger partial charge in [0, 0.05) is 4.88 Å². The van der Waals surface area contributed by atoms with E-state index in [9.17, 15) is 19.5 Å². The number of carbonyl (C=O) groups is 2. The van der Waals surface area contributed by atoms with Gasteiger partial charge >= 0.3 is 11.7 Å². The number of rotatable bonds is 5. The van der Waals surface area contributed by atoms with Gasteiger partial charge < -0.3 is 14.8 Å². The van der Waals surface area contributed by atoms with Crippen LogP contribution in [0, 0.1) is 0 Å². The first-order valence-corrected chi connectivity index (χ1v) is 6.62. The molecule has 2 heterocycles. The highest BCUT2D eigenvalue weighted by molar-refractivity contribution is 7.14. The largest absolute Gasteiger partial charge is 0.493 e. The fourth-order valence-electron chi connectivity index (χ4n) is 1.58. The van der Waals surface area contributed by atoms with Crippen LogP contribution in [0.4, 0.5) is 0 Å². The van der Waals surface area contributed by atoms with Crippen LogP contribution in [-0.4, -0.2) is 33.0 Å². The SMILES string of the molecule is CCOC(=O)C(=O)c1ccc(Cn2c(O)c[nH]c2=O)s1. The predicted molar refractivity (Wildman–Crippen MR) is 71.1 cm³/mol. The lowest BCUT2D eigenvalue weighted by Gasteiger charge is -2.00. The Balaban J connectivity index is 2.16. The lowest BCUT2D eigenvalue weighted by atomic mass is 10.3. The average molecular weight is 296 g/mol. The topological polar surface area (TPSA) is 101 Å². The van der Waals surface area contributed by atoms with Crippen molar-refractivity contribution in [3.63, 3.8) is 0 Å². The van der Waals surface area contributed by atoms with E-state index in [1.54, 1.807) is 13.0 Å². The number of H-pyrrole nitrogens is 1. The van der Waals surface area contributed by atoms with Gasteiger partial charge in [0.2, 0.25) is 5.88 Å². The van der Waals surface area contributed by atoms with Gasteiger partial charge in [0.1, 0.15) is 0 Å². The van der Waals surface area contributed by atoms with Gasteiger partial charge in [0.05, 0.1) is 24.2 Å². The molecule has 0 saturated heterocycles. The van der Waals surface area contributed by atoms with Crippen LogP contribution in [-0.2, 0) is 16.1 Å². The Labute approximate surface area is 117 Å². The average Bonchev–Trinajstić information content (AvgIpc) is 3.00. The standard InChI is InChI=1S/C12H12N2O5S/c1-2-19-11(17)10(16)8-4-3-7(20-8)6-14-9(15)5-13-12(14)18/h3-5,15H,2,6H2,1H3,(H,13,18). The molecule has 0 fully saturated rings. The molecule has 0 aliphatic heterocycles. The van der Waals surface area contributed by atoms with E-state index in [0.717, 1.165) is 15.9 Å². The van der Waals surface area contributed by atoms with Crippen LogP contribution in [0.3, 0.4) is 0 Å². The van der Waals surface area contributed by atoms with Gasteiger partial charge in [-0.25, -0.2) is 9.59 Å². The molecule has 2 N–H and O–H groups in total. The van der Waals surface area contributed by atoms with Crippen LogP contribution in [0.25, 0.3) is 0 Å². The van der Waals surface area contributed by atoms with Gasteiger partial charge in [0.15, 0.2) is 0 Å². The van der Waals surface area contributed by atoms with E-state index in [0.29, 0.717) is 4.88 Å². The Kier molecular flexibility index (Phi) is 4.04. The second-order valence-corrected chi connectivity index (χ2v) is 5.02. The number of carbonyl (C=O) groups excluding carboxylic acids is 2. The third kappa shape index (κ3) is 2.80. The Morgan fingerprint density at radius 1 is 1.45 bits per heavy atom. The fraction of sp³-hybridized carbons (Fsp3) is 0.250. The summed E-state index contributed by atoms with van der Waals surface area (Å²) in [6.45, 7) is 1.87. The molecule has 0 atom stereocenters. The maximum absolute atomic E-state index is 11.7. The number of imidazole rings is 1. The molecule has 8 heteroatoms. The van der Waals surface area contributed by atoms with E-state index in [2.05, 4.69) is 9.72 Å². The normalized spacial score (nSPS) is 10.4. The molecule has 20 heavy (non-hydrogen) atoms. The van der Waals surface area contributed by atoms with E-state index < -0.39 is 17.4 Å². The smallest absolute Gasteiger partial charge is 0.380 e. The summed E-state index contributed by atoms with van der Waals surface area (Å²) in [7, 11) is 0. The van der Waals surface area contributed by atoms with Crippen molar-refractivity contribution in [3.05, 3.63) is 38.6 Å². The number of ketones is 1. The van der Waals surface area contributed by atoms with Crippen molar-refractivity contribution < 1.29 is 19.4 Å². The Hall–Kier alpha value is -2.35. The highest BCUT2D eigenvalue weighted by Crippen LogP contribution is 2.19. The molecule has 0 aliphatic carbocycles. The van der Waals surface area contributed by atoms with Crippen molar-refractivity contribution in [2.24, 2.45) is 0 Å². The third-order valence-corrected chi connectivity index (χ3v) is 3.58. The maximum Gasteiger partial charge on any atom is 0.380 e. The molecule has 2 aromatic rings. The minimum atomic E-state index is -0.900. The molecule has 0 aromatic carbocycles. The molecule has 7 nitrogen and oxygen atoms in total. The van der Waals surface area contributed by atoms with Crippen LogP contribution in [0.2, 0.25) is 0 Å². The van der Waals surface area contributed by atoms with Crippen molar-refractivity contribution in [1.29, 1.82) is 0 Å². The molecule has 0 amide bonds. The molecule has 2 rings (SSSR count). The van der Waals surface area contributed by atoms with Crippen molar-refractivity contribution in [2.45, 2.75) is 13.5 Å². The Bertz CT molecular complexity index is 697. The Morgan fingerprint density at radius 3 is 2.80 bits per heavy atom. The van der Waals surface area contributed by atoms with Crippen molar-refractivity contribution in [2.75, 3.05) is 6.61 Å². The minimum absolute atomic E-state index is 0.120. The molecular weight excluding hydrogens is 284 g/mol. The predicted octanol–water partition coefficient (Wildman–Crippen LogP) is 0.738. The van der Waals surface area contributed by atoms with E-state index in [-0.39, 0.29) is 23.9 Å². The molecule has 0 bridgehead atoms. The van der Waals surface area contributed by atoms with Crippen molar-refractivity contribution in [3.8, 4) is 5.88 Å². The molecule has 0 aliphatic rings. The summed E-state index contributed by atoms with van der Waals surface area (Å²) in [4.78, 5) is 37.6. The number of hydrogen-bond donors (Lipinski definition) is 2. The summed E-state index contributed by atoms with van der Waals surface area (Å²) >= 11 is 1.08. The lowest BCUT2D eigenvalue weighted by molar-refractivity contribution is -0.137. The van der Waals surface area contributed by atoms with E-state index >= 15 is 0 Å². The number of aromatic amines is 1. The highest BCUT2D eigenvalue weighted by atomic mass is 32.1. The monoisotopic (exact) mass is 296 g/mol. The van der Waals surface area contributed by atoms with E-state index in [4.69, 9.17) is 0 Å². The number of Topliss-reactive ketones (excluding diaryl/α,β-unsaturated/α-hetero) is 1. The number of aromatic hydroxyl groups is 1. The van der Waals surface area contributed by atoms with Crippen LogP contribution in [0.5, 0.6) is 5.88 Å². The summed E-state index contributed by atoms with van der Waals surface area (Å²) in [5.74, 6) is -1.81. The van der Waals surface area contributed by atoms with Gasteiger partial charge in [-0.05, 0) is 19.1 Å². The summed E-state index contributed by atoms with van der Waals surface area (Å²) in [6, 6.07) is 3.12. The molecule has 0 unspecified atom stereocenters. The number of ether oxygens (including phenoxy) is 1. The zero-order chi connectivity index (χ0) is 14.7. The maximum atomic E-state index is 11.7. The number of thiophene rings is 1. The Morgan fingerprint density at radius 2 is 2.20 bits per heavy atom. The summed E-state index contributed by atoms with van der Waals surface area (Å²) in [5.41, 5.74) is -0.450. The molecule has 0 saturated carbocycles. The molecule has 106 valence electrons. The van der Waals surface area contributed by atoms with Gasteiger partial charge in [-0.3, -0.25) is 9.36 Å². The van der Waals surface area contributed by atoms with Crippen LogP contribution in [0.1, 0.15) is 21.5 Å². The minimum Gasteiger partial charge on any atom is -0.493 e. The first-order valence-electron chi connectivity index (χ1n) is 5.80. The molecule has 2 aromatic heterocycles. The first-order chi connectivity index (χ1) is 9.52. The molecular formula is C12H12N2O5S. The summed E-state index contributed by atoms with van der Waals surface area (Å²) in [5, 5.41) is 9.46. The number of nitrogens with zero attached hydrogens (tertiary/aromatic N) is 1. The van der Waals surface area contributed by atoms with Gasteiger partial charge in [0.25, 0.3) is 5.78 Å². The summed E-state index contributed by atoms with van der Waals surface area (Å²) < 4.78 is 5.74. The zero-order valence-corrected chi connectivity index (χ0v) is 11.4. The van der Waals surface area contributed by atoms with E-state index in [1.165, 1.54) is 12.3 Å². The van der Waals surface area contributed by atoms with Crippen LogP contribution >= 0.6 is 11.3 Å². The van der Waals surface area contributed by atoms with Gasteiger partial charge in [-0.2, -0.15) is 0 Å². The zero-order valence-electron chi connectivity index (χ0n) is 10.6. The van der Waals surface area contributed by atoms with Gasteiger partial charge in [-0.15, -0.1) is 11.3 Å². The number of hydrogen-bond acceptors (Lipinski definition) is 6. The second-order valence-electron chi connectivity index (χ2n) is 3.85.